The zero-order valence-electron chi connectivity index (χ0n) is 17.3. The second-order valence-electron chi connectivity index (χ2n) is 6.82. The maximum atomic E-state index is 13.0. The van der Waals surface area contributed by atoms with Gasteiger partial charge in [-0.25, -0.2) is 0 Å². The number of rotatable bonds is 7. The first kappa shape index (κ1) is 24.0. The van der Waals surface area contributed by atoms with Crippen molar-refractivity contribution in [3.05, 3.63) is 47.7 Å². The Morgan fingerprint density at radius 2 is 1.87 bits per heavy atom. The molecule has 31 heavy (non-hydrogen) atoms. The molecule has 10 heteroatoms. The molecule has 9 nitrogen and oxygen atoms in total. The quantitative estimate of drug-likeness (QED) is 0.256. The number of hydrogen-bond acceptors (Lipinski definition) is 6. The maximum Gasteiger partial charge on any atom is 2.00 e. The molecule has 1 aromatic heterocycles. The third-order valence-corrected chi connectivity index (χ3v) is 5.05. The Balaban J connectivity index is 0.00000341. The van der Waals surface area contributed by atoms with E-state index in [1.165, 1.54) is 4.90 Å². The average molecular weight is 513 g/mol. The van der Waals surface area contributed by atoms with Gasteiger partial charge in [-0.3, -0.25) is 24.7 Å². The number of nitrogens with one attached hydrogen (secondary N) is 2. The number of hydrogen-bond donors (Lipinski definition) is 2. The van der Waals surface area contributed by atoms with Crippen LogP contribution in [0, 0.1) is 11.3 Å². The fourth-order valence-electron chi connectivity index (χ4n) is 3.39. The van der Waals surface area contributed by atoms with Crippen molar-refractivity contribution < 1.29 is 34.8 Å². The first-order chi connectivity index (χ1) is 14.4. The van der Waals surface area contributed by atoms with E-state index in [2.05, 4.69) is 15.8 Å². The minimum atomic E-state index is -0.694. The standard InChI is InChI=1S/C21H22N6O3.Pd/c1-4-13(5-2)27-20(29)14-8-6-9-15(18(14)21(27)30)24-25-16(12-22)19(28)23-17-10-7-11-26(17)3;/h6-11,13,24H,4-5H2,1-3H3,(H,23,28);/q;+2. The van der Waals surface area contributed by atoms with Crippen LogP contribution >= 0.6 is 0 Å². The number of anilines is 2. The number of amides is 3. The molecule has 3 amide bonds. The molecule has 2 aromatic rings. The second kappa shape index (κ2) is 10.2. The van der Waals surface area contributed by atoms with E-state index in [1.807, 2.05) is 13.8 Å². The number of carbonyl (C=O) groups is 3. The van der Waals surface area contributed by atoms with Crippen LogP contribution in [0.5, 0.6) is 0 Å². The summed E-state index contributed by atoms with van der Waals surface area (Å²) in [7, 11) is 1.75. The van der Waals surface area contributed by atoms with Gasteiger partial charge in [-0.05, 0) is 37.1 Å². The topological polar surface area (TPSA) is 120 Å². The van der Waals surface area contributed by atoms with Crippen LogP contribution < -0.4 is 10.7 Å². The van der Waals surface area contributed by atoms with E-state index in [4.69, 9.17) is 0 Å². The zero-order chi connectivity index (χ0) is 21.8. The van der Waals surface area contributed by atoms with Crippen molar-refractivity contribution >= 4 is 34.9 Å². The van der Waals surface area contributed by atoms with E-state index in [9.17, 15) is 19.6 Å². The van der Waals surface area contributed by atoms with Crippen LogP contribution in [-0.2, 0) is 32.3 Å². The normalized spacial score (nSPS) is 13.0. The van der Waals surface area contributed by atoms with E-state index < -0.39 is 17.5 Å². The molecular weight excluding hydrogens is 491 g/mol. The molecule has 1 aromatic carbocycles. The summed E-state index contributed by atoms with van der Waals surface area (Å²) >= 11 is 0. The smallest absolute Gasteiger partial charge is 0.338 e. The van der Waals surface area contributed by atoms with Gasteiger partial charge in [0, 0.05) is 19.3 Å². The second-order valence-corrected chi connectivity index (χ2v) is 6.82. The minimum absolute atomic E-state index is 0. The summed E-state index contributed by atoms with van der Waals surface area (Å²) in [6.07, 6.45) is 3.06. The number of imide groups is 1. The van der Waals surface area contributed by atoms with Crippen molar-refractivity contribution in [2.75, 3.05) is 10.7 Å². The number of fused-ring (bicyclic) bond motifs is 1. The first-order valence-corrected chi connectivity index (χ1v) is 9.60. The minimum Gasteiger partial charge on any atom is -0.338 e. The van der Waals surface area contributed by atoms with Crippen LogP contribution in [0.2, 0.25) is 0 Å². The molecule has 0 bridgehead atoms. The summed E-state index contributed by atoms with van der Waals surface area (Å²) in [5.41, 5.74) is 2.93. The predicted molar refractivity (Wildman–Crippen MR) is 112 cm³/mol. The van der Waals surface area contributed by atoms with E-state index in [1.54, 1.807) is 54.2 Å². The average Bonchev–Trinajstić information content (AvgIpc) is 3.25. The number of carbonyl (C=O) groups excluding carboxylic acids is 3. The van der Waals surface area contributed by atoms with Crippen LogP contribution in [0.4, 0.5) is 11.5 Å². The van der Waals surface area contributed by atoms with Gasteiger partial charge in [0.2, 0.25) is 5.71 Å². The molecule has 0 atom stereocenters. The Bertz CT molecular complexity index is 1080. The van der Waals surface area contributed by atoms with Gasteiger partial charge in [0.25, 0.3) is 17.7 Å². The Kier molecular flexibility index (Phi) is 7.87. The molecule has 3 rings (SSSR count). The summed E-state index contributed by atoms with van der Waals surface area (Å²) in [5, 5.41) is 15.8. The van der Waals surface area contributed by atoms with Crippen LogP contribution in [0.1, 0.15) is 47.4 Å². The van der Waals surface area contributed by atoms with Gasteiger partial charge >= 0.3 is 20.4 Å². The van der Waals surface area contributed by atoms with Crippen molar-refractivity contribution in [1.29, 1.82) is 5.26 Å². The van der Waals surface area contributed by atoms with Crippen LogP contribution in [0.25, 0.3) is 0 Å². The zero-order valence-corrected chi connectivity index (χ0v) is 18.8. The van der Waals surface area contributed by atoms with Crippen molar-refractivity contribution in [1.82, 2.24) is 9.47 Å². The molecule has 2 N–H and O–H groups in total. The van der Waals surface area contributed by atoms with E-state index in [-0.39, 0.29) is 49.2 Å². The SMILES string of the molecule is CCC(CC)N1C(=O)c2cccc(NN=C(C#N)C(=O)Nc3cccn3C)c2C1=O.[Pd+2]. The molecule has 1 aliphatic rings. The number of nitriles is 1. The molecule has 162 valence electrons. The largest absolute Gasteiger partial charge is 2.00 e. The Morgan fingerprint density at radius 1 is 1.16 bits per heavy atom. The summed E-state index contributed by atoms with van der Waals surface area (Å²) in [4.78, 5) is 39.3. The number of hydrazone groups is 1. The molecule has 0 aliphatic carbocycles. The van der Waals surface area contributed by atoms with Gasteiger partial charge < -0.3 is 9.88 Å². The van der Waals surface area contributed by atoms with Gasteiger partial charge in [-0.15, -0.1) is 0 Å². The third-order valence-electron chi connectivity index (χ3n) is 5.05. The van der Waals surface area contributed by atoms with E-state index in [0.29, 0.717) is 18.7 Å². The third kappa shape index (κ3) is 4.58. The monoisotopic (exact) mass is 512 g/mol. The van der Waals surface area contributed by atoms with Crippen LogP contribution in [-0.4, -0.2) is 38.9 Å². The molecule has 0 saturated heterocycles. The van der Waals surface area contributed by atoms with Gasteiger partial charge in [0.05, 0.1) is 16.8 Å². The molecule has 0 unspecified atom stereocenters. The molecule has 1 aliphatic heterocycles. The summed E-state index contributed by atoms with van der Waals surface area (Å²) in [6.45, 7) is 3.84. The fraction of sp³-hybridized carbons (Fsp3) is 0.286. The molecule has 0 radical (unpaired) electrons. The molecule has 0 fully saturated rings. The summed E-state index contributed by atoms with van der Waals surface area (Å²) in [5.74, 6) is -0.947. The summed E-state index contributed by atoms with van der Waals surface area (Å²) < 4.78 is 1.68. The predicted octanol–water partition coefficient (Wildman–Crippen LogP) is 2.74. The number of benzene rings is 1. The maximum absolute atomic E-state index is 13.0. The van der Waals surface area contributed by atoms with Gasteiger partial charge in [-0.2, -0.15) is 10.4 Å². The van der Waals surface area contributed by atoms with Crippen LogP contribution in [0.3, 0.4) is 0 Å². The van der Waals surface area contributed by atoms with Gasteiger partial charge in [-0.1, -0.05) is 19.9 Å². The summed E-state index contributed by atoms with van der Waals surface area (Å²) in [6, 6.07) is 9.76. The number of aromatic nitrogens is 1. The van der Waals surface area contributed by atoms with E-state index >= 15 is 0 Å². The molecule has 0 saturated carbocycles. The van der Waals surface area contributed by atoms with Gasteiger partial charge in [0.15, 0.2) is 0 Å². The Labute approximate surface area is 193 Å². The molecule has 0 spiro atoms. The molecular formula is C21H22N6O3Pd+2. The van der Waals surface area contributed by atoms with Crippen molar-refractivity contribution in [2.45, 2.75) is 32.7 Å². The van der Waals surface area contributed by atoms with Crippen LogP contribution in [0.15, 0.2) is 41.6 Å². The van der Waals surface area contributed by atoms with Crippen molar-refractivity contribution in [3.63, 3.8) is 0 Å². The first-order valence-electron chi connectivity index (χ1n) is 9.60. The van der Waals surface area contributed by atoms with Gasteiger partial charge in [0.1, 0.15) is 11.9 Å². The van der Waals surface area contributed by atoms with E-state index in [0.717, 1.165) is 0 Å². The van der Waals surface area contributed by atoms with Crippen molar-refractivity contribution in [3.8, 4) is 6.07 Å². The Morgan fingerprint density at radius 3 is 2.45 bits per heavy atom. The van der Waals surface area contributed by atoms with Crippen molar-refractivity contribution in [2.24, 2.45) is 12.1 Å². The molecule has 2 heterocycles. The number of nitrogens with zero attached hydrogens (tertiary/aromatic N) is 4. The Hall–Kier alpha value is -3.27. The number of aryl methyl sites for hydroxylation is 1. The fourth-order valence-corrected chi connectivity index (χ4v) is 3.39.